The predicted octanol–water partition coefficient (Wildman–Crippen LogP) is 1.43. The molecule has 0 aliphatic carbocycles. The number of rotatable bonds is 3. The topological polar surface area (TPSA) is 57.6 Å². The second-order valence-electron chi connectivity index (χ2n) is 3.33. The molecule has 80 valence electrons. The molecule has 0 atom stereocenters. The van der Waals surface area contributed by atoms with Crippen LogP contribution in [0.4, 0.5) is 5.69 Å². The van der Waals surface area contributed by atoms with E-state index in [0.717, 1.165) is 5.56 Å². The van der Waals surface area contributed by atoms with Gasteiger partial charge in [-0.2, -0.15) is 0 Å². The molecule has 1 N–H and O–H groups in total. The molecule has 1 aromatic rings. The average molecular weight is 207 g/mol. The lowest BCUT2D eigenvalue weighted by molar-refractivity contribution is -0.136. The number of carbonyl (C=O) groups is 2. The van der Waals surface area contributed by atoms with Crippen molar-refractivity contribution in [2.24, 2.45) is 0 Å². The number of hydrogen-bond donors (Lipinski definition) is 1. The molecular weight excluding hydrogens is 194 g/mol. The molecule has 15 heavy (non-hydrogen) atoms. The largest absolute Gasteiger partial charge is 0.480 e. The van der Waals surface area contributed by atoms with Gasteiger partial charge in [0.15, 0.2) is 0 Å². The highest BCUT2D eigenvalue weighted by Crippen LogP contribution is 2.14. The molecular formula is C11H13NO3. The Hall–Kier alpha value is -1.84. The zero-order valence-corrected chi connectivity index (χ0v) is 8.73. The summed E-state index contributed by atoms with van der Waals surface area (Å²) in [6.07, 6.45) is 0. The summed E-state index contributed by atoms with van der Waals surface area (Å²) in [4.78, 5) is 23.0. The van der Waals surface area contributed by atoms with E-state index in [2.05, 4.69) is 0 Å². The Morgan fingerprint density at radius 2 is 1.80 bits per heavy atom. The van der Waals surface area contributed by atoms with Gasteiger partial charge in [-0.05, 0) is 19.1 Å². The number of aryl methyl sites for hydroxylation is 1. The van der Waals surface area contributed by atoms with Crippen molar-refractivity contribution in [3.63, 3.8) is 0 Å². The van der Waals surface area contributed by atoms with Crippen LogP contribution < -0.4 is 4.90 Å². The van der Waals surface area contributed by atoms with Crippen molar-refractivity contribution in [2.45, 2.75) is 13.8 Å². The summed E-state index contributed by atoms with van der Waals surface area (Å²) in [6.45, 7) is 2.97. The van der Waals surface area contributed by atoms with E-state index in [0.29, 0.717) is 5.69 Å². The van der Waals surface area contributed by atoms with E-state index >= 15 is 0 Å². The molecule has 1 amide bonds. The Balaban J connectivity index is 2.94. The van der Waals surface area contributed by atoms with E-state index in [9.17, 15) is 9.59 Å². The molecule has 4 heteroatoms. The van der Waals surface area contributed by atoms with Crippen molar-refractivity contribution in [3.05, 3.63) is 29.8 Å². The average Bonchev–Trinajstić information content (AvgIpc) is 2.15. The number of benzene rings is 1. The number of carboxylic acids is 1. The van der Waals surface area contributed by atoms with E-state index in [1.54, 1.807) is 12.1 Å². The third kappa shape index (κ3) is 3.09. The van der Waals surface area contributed by atoms with Gasteiger partial charge in [-0.3, -0.25) is 9.59 Å². The third-order valence-electron chi connectivity index (χ3n) is 2.02. The van der Waals surface area contributed by atoms with Gasteiger partial charge in [0, 0.05) is 12.6 Å². The molecule has 0 saturated carbocycles. The third-order valence-corrected chi connectivity index (χ3v) is 2.02. The highest BCUT2D eigenvalue weighted by Gasteiger charge is 2.14. The second-order valence-corrected chi connectivity index (χ2v) is 3.33. The number of aliphatic carboxylic acids is 1. The summed E-state index contributed by atoms with van der Waals surface area (Å²) in [6, 6.07) is 7.15. The standard InChI is InChI=1S/C11H13NO3/c1-8-3-5-10(6-4-8)12(9(2)13)7-11(14)15/h3-6H,7H2,1-2H3,(H,14,15). The molecule has 0 aliphatic heterocycles. The quantitative estimate of drug-likeness (QED) is 0.815. The van der Waals surface area contributed by atoms with E-state index < -0.39 is 5.97 Å². The summed E-state index contributed by atoms with van der Waals surface area (Å²) >= 11 is 0. The van der Waals surface area contributed by atoms with Crippen LogP contribution in [0.5, 0.6) is 0 Å². The fourth-order valence-electron chi connectivity index (χ4n) is 1.24. The van der Waals surface area contributed by atoms with Crippen LogP contribution in [0.15, 0.2) is 24.3 Å². The van der Waals surface area contributed by atoms with Crippen molar-refractivity contribution in [1.29, 1.82) is 0 Å². The first kappa shape index (κ1) is 11.2. The summed E-state index contributed by atoms with van der Waals surface area (Å²) in [5.74, 6) is -1.30. The number of carboxylic acid groups (broad SMARTS) is 1. The van der Waals surface area contributed by atoms with Crippen LogP contribution in [0.25, 0.3) is 0 Å². The van der Waals surface area contributed by atoms with E-state index in [4.69, 9.17) is 5.11 Å². The summed E-state index contributed by atoms with van der Waals surface area (Å²) in [7, 11) is 0. The molecule has 0 radical (unpaired) electrons. The zero-order chi connectivity index (χ0) is 11.4. The van der Waals surface area contributed by atoms with Gasteiger partial charge in [-0.25, -0.2) is 0 Å². The van der Waals surface area contributed by atoms with Gasteiger partial charge in [0.2, 0.25) is 5.91 Å². The van der Waals surface area contributed by atoms with Gasteiger partial charge in [0.1, 0.15) is 6.54 Å². The molecule has 0 fully saturated rings. The monoisotopic (exact) mass is 207 g/mol. The van der Waals surface area contributed by atoms with Crippen LogP contribution in [0.2, 0.25) is 0 Å². The molecule has 0 heterocycles. The minimum Gasteiger partial charge on any atom is -0.480 e. The number of carbonyl (C=O) groups excluding carboxylic acids is 1. The highest BCUT2D eigenvalue weighted by molar-refractivity contribution is 5.95. The van der Waals surface area contributed by atoms with Gasteiger partial charge < -0.3 is 10.0 Å². The maximum absolute atomic E-state index is 11.2. The maximum atomic E-state index is 11.2. The minimum atomic E-state index is -1.02. The van der Waals surface area contributed by atoms with Crippen molar-refractivity contribution >= 4 is 17.6 Å². The Morgan fingerprint density at radius 3 is 2.20 bits per heavy atom. The van der Waals surface area contributed by atoms with Gasteiger partial charge >= 0.3 is 5.97 Å². The predicted molar refractivity (Wildman–Crippen MR) is 56.8 cm³/mol. The van der Waals surface area contributed by atoms with Crippen molar-refractivity contribution in [2.75, 3.05) is 11.4 Å². The normalized spacial score (nSPS) is 9.73. The van der Waals surface area contributed by atoms with Crippen LogP contribution in [-0.4, -0.2) is 23.5 Å². The van der Waals surface area contributed by atoms with Crippen LogP contribution in [0.3, 0.4) is 0 Å². The molecule has 0 aromatic heterocycles. The Morgan fingerprint density at radius 1 is 1.27 bits per heavy atom. The maximum Gasteiger partial charge on any atom is 0.323 e. The first-order valence-electron chi connectivity index (χ1n) is 4.57. The molecule has 0 saturated heterocycles. The van der Waals surface area contributed by atoms with E-state index in [1.807, 2.05) is 19.1 Å². The molecule has 0 spiro atoms. The fraction of sp³-hybridized carbons (Fsp3) is 0.273. The minimum absolute atomic E-state index is 0.277. The number of nitrogens with zero attached hydrogens (tertiary/aromatic N) is 1. The SMILES string of the molecule is CC(=O)N(CC(=O)O)c1ccc(C)cc1. The van der Waals surface area contributed by atoms with Gasteiger partial charge in [-0.15, -0.1) is 0 Å². The first-order chi connectivity index (χ1) is 7.00. The van der Waals surface area contributed by atoms with Crippen LogP contribution in [-0.2, 0) is 9.59 Å². The Bertz CT molecular complexity index is 370. The van der Waals surface area contributed by atoms with Gasteiger partial charge in [-0.1, -0.05) is 17.7 Å². The molecule has 0 aliphatic rings. The van der Waals surface area contributed by atoms with Crippen molar-refractivity contribution in [1.82, 2.24) is 0 Å². The number of amides is 1. The lowest BCUT2D eigenvalue weighted by atomic mass is 10.2. The first-order valence-corrected chi connectivity index (χ1v) is 4.57. The van der Waals surface area contributed by atoms with Crippen LogP contribution >= 0.6 is 0 Å². The molecule has 1 aromatic carbocycles. The zero-order valence-electron chi connectivity index (χ0n) is 8.73. The molecule has 0 bridgehead atoms. The highest BCUT2D eigenvalue weighted by atomic mass is 16.4. The van der Waals surface area contributed by atoms with Crippen molar-refractivity contribution < 1.29 is 14.7 Å². The number of hydrogen-bond acceptors (Lipinski definition) is 2. The lowest BCUT2D eigenvalue weighted by Gasteiger charge is -2.18. The Kier molecular flexibility index (Phi) is 3.44. The molecule has 4 nitrogen and oxygen atoms in total. The smallest absolute Gasteiger partial charge is 0.323 e. The van der Waals surface area contributed by atoms with Crippen molar-refractivity contribution in [3.8, 4) is 0 Å². The number of anilines is 1. The molecule has 0 unspecified atom stereocenters. The molecule has 1 rings (SSSR count). The van der Waals surface area contributed by atoms with Gasteiger partial charge in [0.25, 0.3) is 0 Å². The second kappa shape index (κ2) is 4.59. The van der Waals surface area contributed by atoms with Crippen LogP contribution in [0, 0.1) is 6.92 Å². The van der Waals surface area contributed by atoms with Gasteiger partial charge in [0.05, 0.1) is 0 Å². The summed E-state index contributed by atoms with van der Waals surface area (Å²) < 4.78 is 0. The van der Waals surface area contributed by atoms with E-state index in [-0.39, 0.29) is 12.5 Å². The Labute approximate surface area is 88.1 Å². The van der Waals surface area contributed by atoms with Crippen LogP contribution in [0.1, 0.15) is 12.5 Å². The lowest BCUT2D eigenvalue weighted by Crippen LogP contribution is -2.33. The summed E-state index contributed by atoms with van der Waals surface area (Å²) in [5.41, 5.74) is 1.67. The fourth-order valence-corrected chi connectivity index (χ4v) is 1.24. The van der Waals surface area contributed by atoms with E-state index in [1.165, 1.54) is 11.8 Å². The summed E-state index contributed by atoms with van der Waals surface area (Å²) in [5, 5.41) is 8.65.